The summed E-state index contributed by atoms with van der Waals surface area (Å²) in [5.74, 6) is -1.35. The molecule has 0 saturated carbocycles. The second kappa shape index (κ2) is 6.28. The summed E-state index contributed by atoms with van der Waals surface area (Å²) in [5, 5.41) is 12.1. The number of amides is 1. The van der Waals surface area contributed by atoms with Gasteiger partial charge in [-0.2, -0.15) is 0 Å². The van der Waals surface area contributed by atoms with Gasteiger partial charge in [-0.15, -0.1) is 0 Å². The molecule has 0 bridgehead atoms. The van der Waals surface area contributed by atoms with E-state index in [1.54, 1.807) is 18.2 Å². The molecule has 0 aliphatic heterocycles. The normalized spacial score (nSPS) is 10.2. The Morgan fingerprint density at radius 2 is 1.81 bits per heavy atom. The van der Waals surface area contributed by atoms with E-state index >= 15 is 0 Å². The van der Waals surface area contributed by atoms with Gasteiger partial charge in [0.15, 0.2) is 0 Å². The van der Waals surface area contributed by atoms with Crippen LogP contribution in [-0.4, -0.2) is 17.0 Å². The van der Waals surface area contributed by atoms with Gasteiger partial charge in [0, 0.05) is 15.1 Å². The molecule has 0 saturated heterocycles. The highest BCUT2D eigenvalue weighted by Crippen LogP contribution is 2.25. The van der Waals surface area contributed by atoms with Gasteiger partial charge in [0.25, 0.3) is 5.91 Å². The number of aromatic carboxylic acids is 1. The van der Waals surface area contributed by atoms with Gasteiger partial charge in [-0.3, -0.25) is 4.79 Å². The number of rotatable bonds is 3. The molecule has 0 radical (unpaired) electrons. The van der Waals surface area contributed by atoms with Crippen LogP contribution < -0.4 is 5.32 Å². The number of halogens is 2. The molecule has 0 aliphatic rings. The van der Waals surface area contributed by atoms with Crippen molar-refractivity contribution in [3.8, 4) is 0 Å². The van der Waals surface area contributed by atoms with E-state index < -0.39 is 5.97 Å². The molecule has 0 aromatic heterocycles. The van der Waals surface area contributed by atoms with E-state index in [-0.39, 0.29) is 11.5 Å². The van der Waals surface area contributed by atoms with Gasteiger partial charge in [-0.05, 0) is 58.7 Å². The van der Waals surface area contributed by atoms with E-state index in [4.69, 9.17) is 16.7 Å². The van der Waals surface area contributed by atoms with Gasteiger partial charge in [0.1, 0.15) is 0 Å². The average Bonchev–Trinajstić information content (AvgIpc) is 2.43. The van der Waals surface area contributed by atoms with Gasteiger partial charge >= 0.3 is 5.97 Å². The monoisotopic (exact) mass is 367 g/mol. The Kier molecular flexibility index (Phi) is 4.65. The number of carbonyl (C=O) groups is 2. The van der Waals surface area contributed by atoms with Crippen molar-refractivity contribution in [1.82, 2.24) is 0 Å². The second-order valence-corrected chi connectivity index (χ2v) is 5.68. The smallest absolute Gasteiger partial charge is 0.335 e. The van der Waals surface area contributed by atoms with Gasteiger partial charge in [-0.1, -0.05) is 17.7 Å². The number of carboxylic acids is 1. The van der Waals surface area contributed by atoms with E-state index in [9.17, 15) is 9.59 Å². The highest BCUT2D eigenvalue weighted by molar-refractivity contribution is 9.10. The first-order valence-electron chi connectivity index (χ1n) is 5.99. The maximum atomic E-state index is 12.1. The molecule has 0 aliphatic carbocycles. The SMILES string of the molecule is Cc1ccc(C(=O)Nc2ccc(C(=O)O)cc2Br)cc1Cl. The van der Waals surface area contributed by atoms with E-state index in [0.29, 0.717) is 20.7 Å². The Balaban J connectivity index is 2.23. The lowest BCUT2D eigenvalue weighted by atomic mass is 10.1. The lowest BCUT2D eigenvalue weighted by molar-refractivity contribution is 0.0696. The highest BCUT2D eigenvalue weighted by atomic mass is 79.9. The summed E-state index contributed by atoms with van der Waals surface area (Å²) >= 11 is 9.23. The van der Waals surface area contributed by atoms with Crippen molar-refractivity contribution in [3.05, 3.63) is 62.6 Å². The first-order chi connectivity index (χ1) is 9.88. The molecule has 0 heterocycles. The Labute approximate surface area is 134 Å². The summed E-state index contributed by atoms with van der Waals surface area (Å²) in [6.07, 6.45) is 0. The molecule has 0 fully saturated rings. The van der Waals surface area contributed by atoms with Gasteiger partial charge in [0.05, 0.1) is 11.3 Å². The summed E-state index contributed by atoms with van der Waals surface area (Å²) in [4.78, 5) is 23.0. The number of hydrogen-bond acceptors (Lipinski definition) is 2. The van der Waals surface area contributed by atoms with Crippen molar-refractivity contribution in [3.63, 3.8) is 0 Å². The summed E-state index contributed by atoms with van der Waals surface area (Å²) in [6.45, 7) is 1.85. The first-order valence-corrected chi connectivity index (χ1v) is 7.16. The molecule has 0 atom stereocenters. The van der Waals surface area contributed by atoms with Crippen molar-refractivity contribution in [2.75, 3.05) is 5.32 Å². The van der Waals surface area contributed by atoms with E-state index in [0.717, 1.165) is 5.56 Å². The lowest BCUT2D eigenvalue weighted by Crippen LogP contribution is -2.12. The van der Waals surface area contributed by atoms with Gasteiger partial charge in [-0.25, -0.2) is 4.79 Å². The maximum Gasteiger partial charge on any atom is 0.335 e. The van der Waals surface area contributed by atoms with Gasteiger partial charge < -0.3 is 10.4 Å². The Bertz CT molecular complexity index is 731. The molecular weight excluding hydrogens is 358 g/mol. The van der Waals surface area contributed by atoms with Crippen LogP contribution in [0.2, 0.25) is 5.02 Å². The fourth-order valence-electron chi connectivity index (χ4n) is 1.68. The number of anilines is 1. The van der Waals surface area contributed by atoms with E-state index in [1.165, 1.54) is 18.2 Å². The zero-order valence-corrected chi connectivity index (χ0v) is 13.3. The number of nitrogens with one attached hydrogen (secondary N) is 1. The fourth-order valence-corrected chi connectivity index (χ4v) is 2.34. The topological polar surface area (TPSA) is 66.4 Å². The molecule has 6 heteroatoms. The standard InChI is InChI=1S/C15H11BrClNO3/c1-8-2-3-9(7-12(8)17)14(19)18-13-5-4-10(15(20)21)6-11(13)16/h2-7H,1H3,(H,18,19)(H,20,21). The molecule has 21 heavy (non-hydrogen) atoms. The van der Waals surface area contributed by atoms with Crippen molar-refractivity contribution < 1.29 is 14.7 Å². The Morgan fingerprint density at radius 3 is 2.38 bits per heavy atom. The van der Waals surface area contributed by atoms with Crippen LogP contribution in [0.3, 0.4) is 0 Å². The third-order valence-electron chi connectivity index (χ3n) is 2.90. The molecule has 0 spiro atoms. The molecule has 0 unspecified atom stereocenters. The van der Waals surface area contributed by atoms with Crippen LogP contribution in [0.15, 0.2) is 40.9 Å². The zero-order valence-electron chi connectivity index (χ0n) is 11.0. The Morgan fingerprint density at radius 1 is 1.14 bits per heavy atom. The van der Waals surface area contributed by atoms with Crippen LogP contribution >= 0.6 is 27.5 Å². The lowest BCUT2D eigenvalue weighted by Gasteiger charge is -2.09. The quantitative estimate of drug-likeness (QED) is 0.846. The Hall–Kier alpha value is -1.85. The van der Waals surface area contributed by atoms with Crippen LogP contribution in [0.25, 0.3) is 0 Å². The summed E-state index contributed by atoms with van der Waals surface area (Å²) in [6, 6.07) is 9.41. The summed E-state index contributed by atoms with van der Waals surface area (Å²) < 4.78 is 0.494. The molecule has 108 valence electrons. The largest absolute Gasteiger partial charge is 0.478 e. The van der Waals surface area contributed by atoms with E-state index in [2.05, 4.69) is 21.2 Å². The van der Waals surface area contributed by atoms with Crippen LogP contribution in [0.5, 0.6) is 0 Å². The molecule has 1 amide bonds. The number of benzene rings is 2. The molecular formula is C15H11BrClNO3. The zero-order chi connectivity index (χ0) is 15.6. The minimum Gasteiger partial charge on any atom is -0.478 e. The van der Waals surface area contributed by atoms with Gasteiger partial charge in [0.2, 0.25) is 0 Å². The van der Waals surface area contributed by atoms with Crippen LogP contribution in [0.1, 0.15) is 26.3 Å². The molecule has 2 aromatic rings. The van der Waals surface area contributed by atoms with Crippen molar-refractivity contribution in [1.29, 1.82) is 0 Å². The second-order valence-electron chi connectivity index (χ2n) is 4.42. The number of hydrogen-bond donors (Lipinski definition) is 2. The summed E-state index contributed by atoms with van der Waals surface area (Å²) in [5.41, 5.74) is 1.94. The minimum absolute atomic E-state index is 0.137. The minimum atomic E-state index is -1.03. The molecule has 2 rings (SSSR count). The molecule has 2 aromatic carbocycles. The van der Waals surface area contributed by atoms with Crippen LogP contribution in [0, 0.1) is 6.92 Å². The highest BCUT2D eigenvalue weighted by Gasteiger charge is 2.11. The summed E-state index contributed by atoms with van der Waals surface area (Å²) in [7, 11) is 0. The van der Waals surface area contributed by atoms with Crippen molar-refractivity contribution in [2.45, 2.75) is 6.92 Å². The first kappa shape index (κ1) is 15.5. The molecule has 2 N–H and O–H groups in total. The number of carbonyl (C=O) groups excluding carboxylic acids is 1. The number of aryl methyl sites for hydroxylation is 1. The predicted molar refractivity (Wildman–Crippen MR) is 85.2 cm³/mol. The maximum absolute atomic E-state index is 12.1. The third kappa shape index (κ3) is 3.62. The average molecular weight is 369 g/mol. The van der Waals surface area contributed by atoms with Crippen LogP contribution in [0.4, 0.5) is 5.69 Å². The molecule has 4 nitrogen and oxygen atoms in total. The van der Waals surface area contributed by atoms with Crippen molar-refractivity contribution in [2.24, 2.45) is 0 Å². The van der Waals surface area contributed by atoms with Crippen LogP contribution in [-0.2, 0) is 0 Å². The number of carboxylic acid groups (broad SMARTS) is 1. The van der Waals surface area contributed by atoms with Crippen molar-refractivity contribution >= 4 is 45.1 Å². The third-order valence-corrected chi connectivity index (χ3v) is 3.96. The van der Waals surface area contributed by atoms with E-state index in [1.807, 2.05) is 6.92 Å². The fraction of sp³-hybridized carbons (Fsp3) is 0.0667. The predicted octanol–water partition coefficient (Wildman–Crippen LogP) is 4.36.